The van der Waals surface area contributed by atoms with Crippen LogP contribution in [0.4, 0.5) is 10.5 Å². The van der Waals surface area contributed by atoms with Crippen molar-refractivity contribution in [1.82, 2.24) is 5.32 Å². The molecule has 1 rings (SSSR count). The van der Waals surface area contributed by atoms with Crippen LogP contribution >= 0.6 is 0 Å². The zero-order chi connectivity index (χ0) is 15.5. The number of anilines is 1. The lowest BCUT2D eigenvalue weighted by atomic mass is 10.1. The van der Waals surface area contributed by atoms with Crippen LogP contribution in [0.5, 0.6) is 0 Å². The summed E-state index contributed by atoms with van der Waals surface area (Å²) in [5, 5.41) is 5.67. The lowest BCUT2D eigenvalue weighted by Gasteiger charge is -2.10. The van der Waals surface area contributed by atoms with Crippen LogP contribution in [0, 0.1) is 5.92 Å². The predicted octanol–water partition coefficient (Wildman–Crippen LogP) is 3.02. The molecule has 0 bridgehead atoms. The van der Waals surface area contributed by atoms with Gasteiger partial charge in [0.1, 0.15) is 0 Å². The van der Waals surface area contributed by atoms with Crippen LogP contribution in [0.25, 0.3) is 0 Å². The fraction of sp³-hybridized carbons (Fsp3) is 0.562. The van der Waals surface area contributed by atoms with Gasteiger partial charge in [0.15, 0.2) is 0 Å². The van der Waals surface area contributed by atoms with Gasteiger partial charge in [0, 0.05) is 19.3 Å². The lowest BCUT2D eigenvalue weighted by Crippen LogP contribution is -2.30. The van der Waals surface area contributed by atoms with Crippen molar-refractivity contribution in [3.8, 4) is 0 Å². The molecule has 0 radical (unpaired) electrons. The average Bonchev–Trinajstić information content (AvgIpc) is 2.43. The highest BCUT2D eigenvalue weighted by Gasteiger charge is 2.03. The van der Waals surface area contributed by atoms with Crippen molar-refractivity contribution in [2.45, 2.75) is 26.9 Å². The van der Waals surface area contributed by atoms with Crippen LogP contribution in [0.2, 0.25) is 0 Å². The summed E-state index contributed by atoms with van der Waals surface area (Å²) in [5.41, 5.74) is 1.79. The predicted molar refractivity (Wildman–Crippen MR) is 84.5 cm³/mol. The third kappa shape index (κ3) is 8.32. The van der Waals surface area contributed by atoms with Crippen molar-refractivity contribution in [3.05, 3.63) is 29.8 Å². The Hall–Kier alpha value is -1.59. The monoisotopic (exact) mass is 294 g/mol. The van der Waals surface area contributed by atoms with Gasteiger partial charge in [-0.15, -0.1) is 0 Å². The van der Waals surface area contributed by atoms with Gasteiger partial charge in [-0.3, -0.25) is 0 Å². The van der Waals surface area contributed by atoms with Crippen molar-refractivity contribution >= 4 is 11.7 Å². The van der Waals surface area contributed by atoms with Crippen molar-refractivity contribution < 1.29 is 14.3 Å². The Kier molecular flexibility index (Phi) is 8.47. The maximum Gasteiger partial charge on any atom is 0.319 e. The first-order chi connectivity index (χ1) is 10.1. The molecule has 0 saturated heterocycles. The van der Waals surface area contributed by atoms with Gasteiger partial charge >= 0.3 is 6.03 Å². The molecule has 0 unspecified atom stereocenters. The summed E-state index contributed by atoms with van der Waals surface area (Å²) in [7, 11) is 1.64. The molecule has 0 aromatic heterocycles. The highest BCUT2D eigenvalue weighted by Crippen LogP contribution is 2.11. The summed E-state index contributed by atoms with van der Waals surface area (Å²) < 4.78 is 10.4. The summed E-state index contributed by atoms with van der Waals surface area (Å²) >= 11 is 0. The maximum absolute atomic E-state index is 11.7. The lowest BCUT2D eigenvalue weighted by molar-refractivity contribution is 0.0617. The smallest absolute Gasteiger partial charge is 0.319 e. The molecule has 0 heterocycles. The average molecular weight is 294 g/mol. The molecule has 0 spiro atoms. The number of rotatable bonds is 9. The van der Waals surface area contributed by atoms with E-state index >= 15 is 0 Å². The number of carbonyl (C=O) groups excluding carboxylic acids is 1. The second kappa shape index (κ2) is 10.2. The summed E-state index contributed by atoms with van der Waals surface area (Å²) in [4.78, 5) is 11.7. The van der Waals surface area contributed by atoms with Gasteiger partial charge in [0.2, 0.25) is 0 Å². The van der Waals surface area contributed by atoms with Crippen molar-refractivity contribution in [2.24, 2.45) is 5.92 Å². The molecule has 5 nitrogen and oxygen atoms in total. The van der Waals surface area contributed by atoms with E-state index in [1.54, 1.807) is 7.11 Å². The quantitative estimate of drug-likeness (QED) is 0.688. The van der Waals surface area contributed by atoms with E-state index in [-0.39, 0.29) is 6.03 Å². The molecule has 1 aromatic rings. The van der Waals surface area contributed by atoms with Gasteiger partial charge in [0.25, 0.3) is 0 Å². The molecule has 0 aliphatic carbocycles. The topological polar surface area (TPSA) is 59.6 Å². The van der Waals surface area contributed by atoms with Gasteiger partial charge in [-0.25, -0.2) is 4.79 Å². The molecule has 0 saturated carbocycles. The van der Waals surface area contributed by atoms with Gasteiger partial charge in [-0.1, -0.05) is 26.0 Å². The fourth-order valence-corrected chi connectivity index (χ4v) is 1.72. The first kappa shape index (κ1) is 17.5. The molecule has 0 atom stereocenters. The van der Waals surface area contributed by atoms with Gasteiger partial charge < -0.3 is 20.1 Å². The van der Waals surface area contributed by atoms with Gasteiger partial charge in [0.05, 0.1) is 19.8 Å². The van der Waals surface area contributed by atoms with Gasteiger partial charge in [-0.05, 0) is 30.0 Å². The van der Waals surface area contributed by atoms with Crippen LogP contribution < -0.4 is 10.6 Å². The van der Waals surface area contributed by atoms with Crippen molar-refractivity contribution in [1.29, 1.82) is 0 Å². The van der Waals surface area contributed by atoms with Crippen LogP contribution in [0.1, 0.15) is 25.8 Å². The highest BCUT2D eigenvalue weighted by atomic mass is 16.5. The molecular formula is C16H26N2O3. The number of amides is 2. The Morgan fingerprint density at radius 1 is 1.29 bits per heavy atom. The van der Waals surface area contributed by atoms with Crippen molar-refractivity contribution in [3.63, 3.8) is 0 Å². The molecule has 118 valence electrons. The molecule has 1 aromatic carbocycles. The highest BCUT2D eigenvalue weighted by molar-refractivity contribution is 5.89. The van der Waals surface area contributed by atoms with Gasteiger partial charge in [-0.2, -0.15) is 0 Å². The molecule has 0 aliphatic heterocycles. The molecular weight excluding hydrogens is 268 g/mol. The molecule has 2 N–H and O–H groups in total. The largest absolute Gasteiger partial charge is 0.382 e. The van der Waals surface area contributed by atoms with E-state index in [9.17, 15) is 4.79 Å². The molecule has 5 heteroatoms. The zero-order valence-corrected chi connectivity index (χ0v) is 13.1. The van der Waals surface area contributed by atoms with E-state index < -0.39 is 0 Å². The Bertz CT molecular complexity index is 422. The molecule has 21 heavy (non-hydrogen) atoms. The Balaban J connectivity index is 2.35. The summed E-state index contributed by atoms with van der Waals surface area (Å²) in [6.45, 7) is 6.59. The van der Waals surface area contributed by atoms with E-state index in [0.717, 1.165) is 17.7 Å². The maximum atomic E-state index is 11.7. The minimum Gasteiger partial charge on any atom is -0.382 e. The van der Waals surface area contributed by atoms with Crippen LogP contribution in [-0.4, -0.2) is 32.9 Å². The number of ether oxygens (including phenoxy) is 2. The van der Waals surface area contributed by atoms with E-state index in [4.69, 9.17) is 9.47 Å². The number of methoxy groups -OCH3 is 1. The Morgan fingerprint density at radius 3 is 2.81 bits per heavy atom. The Morgan fingerprint density at radius 2 is 2.10 bits per heavy atom. The van der Waals surface area contributed by atoms with E-state index in [1.807, 2.05) is 24.3 Å². The molecule has 2 amide bonds. The minimum absolute atomic E-state index is 0.173. The SMILES string of the molecule is COCCOCc1cccc(NC(=O)NCCC(C)C)c1. The zero-order valence-electron chi connectivity index (χ0n) is 13.1. The third-order valence-electron chi connectivity index (χ3n) is 2.89. The number of hydrogen-bond acceptors (Lipinski definition) is 3. The van der Waals surface area contributed by atoms with Crippen molar-refractivity contribution in [2.75, 3.05) is 32.2 Å². The number of urea groups is 1. The van der Waals surface area contributed by atoms with E-state index in [2.05, 4.69) is 24.5 Å². The van der Waals surface area contributed by atoms with Crippen LogP contribution in [0.3, 0.4) is 0 Å². The summed E-state index contributed by atoms with van der Waals surface area (Å²) in [6.07, 6.45) is 0.973. The summed E-state index contributed by atoms with van der Waals surface area (Å²) in [5.74, 6) is 0.581. The third-order valence-corrected chi connectivity index (χ3v) is 2.89. The van der Waals surface area contributed by atoms with Crippen LogP contribution in [-0.2, 0) is 16.1 Å². The molecule has 0 aliphatic rings. The Labute approximate surface area is 127 Å². The number of nitrogens with one attached hydrogen (secondary N) is 2. The first-order valence-electron chi connectivity index (χ1n) is 7.32. The minimum atomic E-state index is -0.173. The van der Waals surface area contributed by atoms with E-state index in [0.29, 0.717) is 32.3 Å². The number of hydrogen-bond donors (Lipinski definition) is 2. The van der Waals surface area contributed by atoms with Crippen LogP contribution in [0.15, 0.2) is 24.3 Å². The second-order valence-electron chi connectivity index (χ2n) is 5.31. The van der Waals surface area contributed by atoms with E-state index in [1.165, 1.54) is 0 Å². The number of benzene rings is 1. The summed E-state index contributed by atoms with van der Waals surface area (Å²) in [6, 6.07) is 7.47. The normalized spacial score (nSPS) is 10.7. The molecule has 0 fully saturated rings. The fourth-order valence-electron chi connectivity index (χ4n) is 1.72. The number of carbonyl (C=O) groups is 1. The second-order valence-corrected chi connectivity index (χ2v) is 5.31. The first-order valence-corrected chi connectivity index (χ1v) is 7.32. The standard InChI is InChI=1S/C16H26N2O3/c1-13(2)7-8-17-16(19)18-15-6-4-5-14(11-15)12-21-10-9-20-3/h4-6,11,13H,7-10,12H2,1-3H3,(H2,17,18,19).